The molecule has 174 valence electrons. The molecule has 0 aliphatic heterocycles. The fourth-order valence-corrected chi connectivity index (χ4v) is 3.45. The molecule has 0 aliphatic rings. The Bertz CT molecular complexity index is 1210. The number of hydrogen-bond acceptors (Lipinski definition) is 5. The van der Waals surface area contributed by atoms with Gasteiger partial charge in [0.15, 0.2) is 17.3 Å². The standard InChI is InChI=1S/C25H22F2N4O3/c1-30(16-17-13-14-20(34-25(26)27)21(15-17)33-2)24(32)22-28-23(18-9-5-3-6-10-18)31(29-22)19-11-7-4-8-12-19/h3-15,25H,16H2,1-2H3. The zero-order chi connectivity index (χ0) is 24.1. The molecule has 3 aromatic carbocycles. The first-order chi connectivity index (χ1) is 16.5. The van der Waals surface area contributed by atoms with Crippen LogP contribution in [0.2, 0.25) is 0 Å². The van der Waals surface area contributed by atoms with Crippen molar-refractivity contribution in [1.82, 2.24) is 19.7 Å². The van der Waals surface area contributed by atoms with Gasteiger partial charge in [0.05, 0.1) is 12.8 Å². The second-order valence-corrected chi connectivity index (χ2v) is 7.40. The molecule has 0 N–H and O–H groups in total. The van der Waals surface area contributed by atoms with Crippen molar-refractivity contribution in [3.8, 4) is 28.6 Å². The topological polar surface area (TPSA) is 69.5 Å². The Labute approximate surface area is 195 Å². The lowest BCUT2D eigenvalue weighted by Gasteiger charge is -2.17. The van der Waals surface area contributed by atoms with Gasteiger partial charge in [-0.15, -0.1) is 5.10 Å². The van der Waals surface area contributed by atoms with E-state index in [9.17, 15) is 13.6 Å². The van der Waals surface area contributed by atoms with Crippen LogP contribution in [0.25, 0.3) is 17.1 Å². The molecule has 9 heteroatoms. The average molecular weight is 464 g/mol. The number of nitrogens with zero attached hydrogens (tertiary/aromatic N) is 4. The highest BCUT2D eigenvalue weighted by molar-refractivity contribution is 5.90. The van der Waals surface area contributed by atoms with E-state index in [1.807, 2.05) is 60.7 Å². The molecule has 4 aromatic rings. The molecule has 0 atom stereocenters. The Balaban J connectivity index is 1.61. The van der Waals surface area contributed by atoms with Crippen molar-refractivity contribution in [2.45, 2.75) is 13.2 Å². The van der Waals surface area contributed by atoms with Gasteiger partial charge in [-0.1, -0.05) is 54.6 Å². The average Bonchev–Trinajstić information content (AvgIpc) is 3.31. The fourth-order valence-electron chi connectivity index (χ4n) is 3.45. The van der Waals surface area contributed by atoms with E-state index in [1.54, 1.807) is 23.9 Å². The van der Waals surface area contributed by atoms with Gasteiger partial charge in [-0.25, -0.2) is 9.67 Å². The Hall–Kier alpha value is -4.27. The van der Waals surface area contributed by atoms with Crippen LogP contribution >= 0.6 is 0 Å². The van der Waals surface area contributed by atoms with Crippen LogP contribution in [0.5, 0.6) is 11.5 Å². The number of aromatic nitrogens is 3. The molecule has 0 unspecified atom stereocenters. The summed E-state index contributed by atoms with van der Waals surface area (Å²) >= 11 is 0. The van der Waals surface area contributed by atoms with Crippen molar-refractivity contribution in [2.75, 3.05) is 14.2 Å². The van der Waals surface area contributed by atoms with Crippen molar-refractivity contribution < 1.29 is 23.0 Å². The number of halogens is 2. The van der Waals surface area contributed by atoms with Gasteiger partial charge in [0.25, 0.3) is 5.91 Å². The number of carbonyl (C=O) groups is 1. The summed E-state index contributed by atoms with van der Waals surface area (Å²) < 4.78 is 36.4. The van der Waals surface area contributed by atoms with Gasteiger partial charge >= 0.3 is 6.61 Å². The first-order valence-corrected chi connectivity index (χ1v) is 10.4. The van der Waals surface area contributed by atoms with E-state index in [2.05, 4.69) is 14.8 Å². The Morgan fingerprint density at radius 3 is 2.32 bits per heavy atom. The van der Waals surface area contributed by atoms with E-state index < -0.39 is 12.5 Å². The van der Waals surface area contributed by atoms with Crippen molar-refractivity contribution >= 4 is 5.91 Å². The molecular formula is C25H22F2N4O3. The van der Waals surface area contributed by atoms with E-state index in [-0.39, 0.29) is 23.9 Å². The number of methoxy groups -OCH3 is 1. The Kier molecular flexibility index (Phi) is 6.82. The highest BCUT2D eigenvalue weighted by atomic mass is 19.3. The largest absolute Gasteiger partial charge is 0.493 e. The van der Waals surface area contributed by atoms with Gasteiger partial charge in [-0.05, 0) is 29.8 Å². The molecule has 7 nitrogen and oxygen atoms in total. The first-order valence-electron chi connectivity index (χ1n) is 10.4. The smallest absolute Gasteiger partial charge is 0.387 e. The number of alkyl halides is 2. The highest BCUT2D eigenvalue weighted by Gasteiger charge is 2.22. The van der Waals surface area contributed by atoms with Gasteiger partial charge in [0.1, 0.15) is 0 Å². The molecule has 0 saturated carbocycles. The summed E-state index contributed by atoms with van der Waals surface area (Å²) in [6.45, 7) is -2.78. The summed E-state index contributed by atoms with van der Waals surface area (Å²) in [5.74, 6) is 0.259. The maximum atomic E-state index is 13.2. The van der Waals surface area contributed by atoms with Crippen LogP contribution < -0.4 is 9.47 Å². The number of ether oxygens (including phenoxy) is 2. The number of amides is 1. The molecule has 1 amide bonds. The SMILES string of the molecule is COc1cc(CN(C)C(=O)c2nc(-c3ccccc3)n(-c3ccccc3)n2)ccc1OC(F)F. The van der Waals surface area contributed by atoms with E-state index in [0.29, 0.717) is 11.4 Å². The molecular weight excluding hydrogens is 442 g/mol. The van der Waals surface area contributed by atoms with Crippen LogP contribution in [-0.2, 0) is 6.54 Å². The molecule has 0 saturated heterocycles. The number of para-hydroxylation sites is 1. The van der Waals surface area contributed by atoms with Crippen LogP contribution in [0.1, 0.15) is 16.2 Å². The zero-order valence-electron chi connectivity index (χ0n) is 18.6. The van der Waals surface area contributed by atoms with Crippen LogP contribution in [0.15, 0.2) is 78.9 Å². The lowest BCUT2D eigenvalue weighted by Crippen LogP contribution is -2.27. The minimum absolute atomic E-state index is 0.0369. The summed E-state index contributed by atoms with van der Waals surface area (Å²) in [5.41, 5.74) is 2.26. The summed E-state index contributed by atoms with van der Waals surface area (Å²) in [4.78, 5) is 19.2. The second kappa shape index (κ2) is 10.1. The van der Waals surface area contributed by atoms with Crippen LogP contribution in [0, 0.1) is 0 Å². The second-order valence-electron chi connectivity index (χ2n) is 7.40. The van der Waals surface area contributed by atoms with Gasteiger partial charge in [0.2, 0.25) is 5.82 Å². The van der Waals surface area contributed by atoms with Gasteiger partial charge < -0.3 is 14.4 Å². The maximum Gasteiger partial charge on any atom is 0.387 e. The molecule has 4 rings (SSSR count). The molecule has 1 aromatic heterocycles. The number of rotatable bonds is 8. The Morgan fingerprint density at radius 2 is 1.68 bits per heavy atom. The van der Waals surface area contributed by atoms with Gasteiger partial charge in [-0.3, -0.25) is 4.79 Å². The predicted octanol–water partition coefficient (Wildman–Crippen LogP) is 4.82. The van der Waals surface area contributed by atoms with Crippen molar-refractivity contribution in [1.29, 1.82) is 0 Å². The van der Waals surface area contributed by atoms with Crippen LogP contribution in [0.3, 0.4) is 0 Å². The summed E-state index contributed by atoms with van der Waals surface area (Å²) in [6, 6.07) is 23.4. The Morgan fingerprint density at radius 1 is 1.00 bits per heavy atom. The predicted molar refractivity (Wildman–Crippen MR) is 122 cm³/mol. The van der Waals surface area contributed by atoms with E-state index in [4.69, 9.17) is 4.74 Å². The van der Waals surface area contributed by atoms with Crippen molar-refractivity contribution in [2.24, 2.45) is 0 Å². The van der Waals surface area contributed by atoms with Gasteiger partial charge in [-0.2, -0.15) is 8.78 Å². The minimum Gasteiger partial charge on any atom is -0.493 e. The van der Waals surface area contributed by atoms with E-state index in [0.717, 1.165) is 11.3 Å². The molecule has 0 bridgehead atoms. The quantitative estimate of drug-likeness (QED) is 0.374. The third-order valence-corrected chi connectivity index (χ3v) is 5.04. The normalized spacial score (nSPS) is 10.9. The number of hydrogen-bond donors (Lipinski definition) is 0. The number of benzene rings is 3. The number of carbonyl (C=O) groups excluding carboxylic acids is 1. The minimum atomic E-state index is -2.96. The lowest BCUT2D eigenvalue weighted by atomic mass is 10.2. The maximum absolute atomic E-state index is 13.2. The summed E-state index contributed by atoms with van der Waals surface area (Å²) in [5, 5.41) is 4.49. The molecule has 0 spiro atoms. The molecule has 0 radical (unpaired) electrons. The molecule has 0 aliphatic carbocycles. The summed E-state index contributed by atoms with van der Waals surface area (Å²) in [7, 11) is 2.97. The monoisotopic (exact) mass is 464 g/mol. The van der Waals surface area contributed by atoms with Crippen molar-refractivity contribution in [3.05, 3.63) is 90.3 Å². The molecule has 34 heavy (non-hydrogen) atoms. The van der Waals surface area contributed by atoms with E-state index in [1.165, 1.54) is 18.1 Å². The van der Waals surface area contributed by atoms with Crippen LogP contribution in [0.4, 0.5) is 8.78 Å². The highest BCUT2D eigenvalue weighted by Crippen LogP contribution is 2.30. The lowest BCUT2D eigenvalue weighted by molar-refractivity contribution is -0.0512. The summed E-state index contributed by atoms with van der Waals surface area (Å²) in [6.07, 6.45) is 0. The third kappa shape index (κ3) is 5.03. The zero-order valence-corrected chi connectivity index (χ0v) is 18.6. The van der Waals surface area contributed by atoms with Crippen molar-refractivity contribution in [3.63, 3.8) is 0 Å². The van der Waals surface area contributed by atoms with Gasteiger partial charge in [0, 0.05) is 19.2 Å². The fraction of sp³-hybridized carbons (Fsp3) is 0.160. The van der Waals surface area contributed by atoms with Crippen LogP contribution in [-0.4, -0.2) is 46.3 Å². The molecule has 1 heterocycles. The molecule has 0 fully saturated rings. The van der Waals surface area contributed by atoms with E-state index >= 15 is 0 Å². The first kappa shape index (κ1) is 22.9. The third-order valence-electron chi connectivity index (χ3n) is 5.04.